The minimum absolute atomic E-state index is 0.165. The van der Waals surface area contributed by atoms with Gasteiger partial charge in [-0.1, -0.05) is 0 Å². The van der Waals surface area contributed by atoms with Crippen molar-refractivity contribution in [1.82, 2.24) is 10.6 Å². The standard InChI is InChI=1S/C12H25N3/c1-11-12(5-2-8-13,6-3-9-14-11)7-4-10-15-11/h14-15H,2-10,13H2,1H3. The van der Waals surface area contributed by atoms with Gasteiger partial charge in [-0.25, -0.2) is 0 Å². The van der Waals surface area contributed by atoms with E-state index in [1.54, 1.807) is 0 Å². The first-order chi connectivity index (χ1) is 7.22. The van der Waals surface area contributed by atoms with E-state index in [4.69, 9.17) is 5.73 Å². The molecule has 3 nitrogen and oxygen atoms in total. The fraction of sp³-hybridized carbons (Fsp3) is 1.00. The van der Waals surface area contributed by atoms with Gasteiger partial charge in [-0.3, -0.25) is 10.6 Å². The Bertz CT molecular complexity index is 203. The third kappa shape index (κ3) is 1.93. The third-order valence-corrected chi connectivity index (χ3v) is 4.54. The SMILES string of the molecule is CC12NCCCC1(CCCN)CCCN2. The molecule has 0 aromatic rings. The van der Waals surface area contributed by atoms with Gasteiger partial charge >= 0.3 is 0 Å². The van der Waals surface area contributed by atoms with E-state index < -0.39 is 0 Å². The van der Waals surface area contributed by atoms with Gasteiger partial charge in [-0.2, -0.15) is 0 Å². The quantitative estimate of drug-likeness (QED) is 0.657. The smallest absolute Gasteiger partial charge is 0.0716 e. The van der Waals surface area contributed by atoms with Crippen LogP contribution in [0.3, 0.4) is 0 Å². The summed E-state index contributed by atoms with van der Waals surface area (Å²) < 4.78 is 0. The van der Waals surface area contributed by atoms with Crippen LogP contribution in [0.1, 0.15) is 45.4 Å². The third-order valence-electron chi connectivity index (χ3n) is 4.54. The summed E-state index contributed by atoms with van der Waals surface area (Å²) in [7, 11) is 0. The maximum Gasteiger partial charge on any atom is 0.0716 e. The van der Waals surface area contributed by atoms with Gasteiger partial charge in [0.1, 0.15) is 0 Å². The molecule has 2 heterocycles. The van der Waals surface area contributed by atoms with E-state index in [9.17, 15) is 0 Å². The molecule has 2 aliphatic heterocycles. The first-order valence-electron chi connectivity index (χ1n) is 6.43. The molecule has 0 saturated carbocycles. The van der Waals surface area contributed by atoms with Crippen LogP contribution >= 0.6 is 0 Å². The molecule has 0 aromatic heterocycles. The number of nitrogens with two attached hydrogens (primary N) is 1. The van der Waals surface area contributed by atoms with Crippen LogP contribution in [0.4, 0.5) is 0 Å². The average Bonchev–Trinajstić information content (AvgIpc) is 2.26. The summed E-state index contributed by atoms with van der Waals surface area (Å²) in [6, 6.07) is 0. The summed E-state index contributed by atoms with van der Waals surface area (Å²) in [5.74, 6) is 0. The second-order valence-electron chi connectivity index (χ2n) is 5.36. The van der Waals surface area contributed by atoms with Crippen LogP contribution in [0.2, 0.25) is 0 Å². The van der Waals surface area contributed by atoms with E-state index in [0.29, 0.717) is 5.41 Å². The van der Waals surface area contributed by atoms with E-state index in [1.807, 2.05) is 0 Å². The van der Waals surface area contributed by atoms with Crippen molar-refractivity contribution in [2.45, 2.75) is 51.1 Å². The van der Waals surface area contributed by atoms with Gasteiger partial charge in [-0.05, 0) is 65.1 Å². The lowest BCUT2D eigenvalue weighted by molar-refractivity contribution is -0.0168. The predicted octanol–water partition coefficient (Wildman–Crippen LogP) is 1.19. The molecule has 0 radical (unpaired) electrons. The van der Waals surface area contributed by atoms with Gasteiger partial charge in [0.25, 0.3) is 0 Å². The Balaban J connectivity index is 2.13. The lowest BCUT2D eigenvalue weighted by atomic mass is 9.63. The largest absolute Gasteiger partial charge is 0.330 e. The van der Waals surface area contributed by atoms with Crippen molar-refractivity contribution in [3.8, 4) is 0 Å². The minimum atomic E-state index is 0.165. The molecule has 2 fully saturated rings. The van der Waals surface area contributed by atoms with Crippen molar-refractivity contribution in [2.24, 2.45) is 11.1 Å². The molecule has 2 saturated heterocycles. The molecule has 0 aliphatic carbocycles. The minimum Gasteiger partial charge on any atom is -0.330 e. The molecule has 2 aliphatic rings. The Morgan fingerprint density at radius 1 is 1.13 bits per heavy atom. The predicted molar refractivity (Wildman–Crippen MR) is 63.6 cm³/mol. The second kappa shape index (κ2) is 4.40. The van der Waals surface area contributed by atoms with Crippen molar-refractivity contribution in [1.29, 1.82) is 0 Å². The van der Waals surface area contributed by atoms with Gasteiger partial charge < -0.3 is 5.73 Å². The fourth-order valence-electron chi connectivity index (χ4n) is 3.53. The maximum atomic E-state index is 5.67. The molecular weight excluding hydrogens is 186 g/mol. The van der Waals surface area contributed by atoms with Crippen LogP contribution in [-0.4, -0.2) is 25.3 Å². The van der Waals surface area contributed by atoms with Gasteiger partial charge in [0.2, 0.25) is 0 Å². The monoisotopic (exact) mass is 211 g/mol. The number of piperidine rings is 2. The molecular formula is C12H25N3. The fourth-order valence-corrected chi connectivity index (χ4v) is 3.53. The van der Waals surface area contributed by atoms with Crippen LogP contribution in [0.15, 0.2) is 0 Å². The number of rotatable bonds is 3. The van der Waals surface area contributed by atoms with Crippen molar-refractivity contribution in [3.63, 3.8) is 0 Å². The van der Waals surface area contributed by atoms with Gasteiger partial charge in [0, 0.05) is 5.41 Å². The Labute approximate surface area is 93.2 Å². The summed E-state index contributed by atoms with van der Waals surface area (Å²) in [6.07, 6.45) is 7.82. The number of fused-ring (bicyclic) bond motifs is 1. The first-order valence-corrected chi connectivity index (χ1v) is 6.43. The molecule has 2 rings (SSSR count). The molecule has 0 bridgehead atoms. The van der Waals surface area contributed by atoms with Crippen LogP contribution in [0, 0.1) is 5.41 Å². The highest BCUT2D eigenvalue weighted by atomic mass is 15.2. The normalized spacial score (nSPS) is 41.2. The van der Waals surface area contributed by atoms with Crippen LogP contribution in [0.5, 0.6) is 0 Å². The zero-order valence-corrected chi connectivity index (χ0v) is 9.94. The van der Waals surface area contributed by atoms with Crippen LogP contribution in [0.25, 0.3) is 0 Å². The maximum absolute atomic E-state index is 5.67. The number of nitrogens with one attached hydrogen (secondary N) is 2. The van der Waals surface area contributed by atoms with Crippen LogP contribution in [-0.2, 0) is 0 Å². The van der Waals surface area contributed by atoms with E-state index in [0.717, 1.165) is 19.6 Å². The molecule has 3 heteroatoms. The lowest BCUT2D eigenvalue weighted by Crippen LogP contribution is -2.70. The highest BCUT2D eigenvalue weighted by Crippen LogP contribution is 2.47. The van der Waals surface area contributed by atoms with Gasteiger partial charge in [0.05, 0.1) is 5.66 Å². The Morgan fingerprint density at radius 2 is 1.73 bits per heavy atom. The summed E-state index contributed by atoms with van der Waals surface area (Å²) in [5, 5.41) is 7.39. The molecule has 88 valence electrons. The van der Waals surface area contributed by atoms with Crippen molar-refractivity contribution in [3.05, 3.63) is 0 Å². The molecule has 0 unspecified atom stereocenters. The molecule has 15 heavy (non-hydrogen) atoms. The first kappa shape index (κ1) is 11.4. The average molecular weight is 211 g/mol. The molecule has 0 aromatic carbocycles. The number of hydrogen-bond acceptors (Lipinski definition) is 3. The Morgan fingerprint density at radius 3 is 2.27 bits per heavy atom. The van der Waals surface area contributed by atoms with Crippen molar-refractivity contribution >= 4 is 0 Å². The Hall–Kier alpha value is -0.120. The summed E-state index contributed by atoms with van der Waals surface area (Å²) in [4.78, 5) is 0. The zero-order chi connectivity index (χ0) is 10.8. The van der Waals surface area contributed by atoms with Gasteiger partial charge in [-0.15, -0.1) is 0 Å². The van der Waals surface area contributed by atoms with E-state index in [-0.39, 0.29) is 5.66 Å². The molecule has 0 atom stereocenters. The second-order valence-corrected chi connectivity index (χ2v) is 5.36. The van der Waals surface area contributed by atoms with E-state index in [1.165, 1.54) is 38.5 Å². The van der Waals surface area contributed by atoms with Crippen molar-refractivity contribution < 1.29 is 0 Å². The highest BCUT2D eigenvalue weighted by molar-refractivity contribution is 5.04. The molecule has 0 amide bonds. The zero-order valence-electron chi connectivity index (χ0n) is 9.94. The summed E-state index contributed by atoms with van der Waals surface area (Å²) in [6.45, 7) is 5.50. The lowest BCUT2D eigenvalue weighted by Gasteiger charge is -2.56. The van der Waals surface area contributed by atoms with Crippen molar-refractivity contribution in [2.75, 3.05) is 19.6 Å². The van der Waals surface area contributed by atoms with Gasteiger partial charge in [0.15, 0.2) is 0 Å². The molecule has 0 spiro atoms. The summed E-state index contributed by atoms with van der Waals surface area (Å²) in [5.41, 5.74) is 6.29. The van der Waals surface area contributed by atoms with E-state index in [2.05, 4.69) is 17.6 Å². The van der Waals surface area contributed by atoms with E-state index >= 15 is 0 Å². The highest BCUT2D eigenvalue weighted by Gasteiger charge is 2.49. The van der Waals surface area contributed by atoms with Crippen LogP contribution < -0.4 is 16.4 Å². The molecule has 4 N–H and O–H groups in total. The summed E-state index contributed by atoms with van der Waals surface area (Å²) >= 11 is 0. The Kier molecular flexibility index (Phi) is 3.33. The topological polar surface area (TPSA) is 50.1 Å². The number of hydrogen-bond donors (Lipinski definition) is 3.